The number of imide groups is 1. The number of hydrogen-bond acceptors (Lipinski definition) is 12. The van der Waals surface area contributed by atoms with Gasteiger partial charge >= 0.3 is 18.0 Å². The van der Waals surface area contributed by atoms with Crippen LogP contribution in [-0.4, -0.2) is 84.3 Å². The van der Waals surface area contributed by atoms with Crippen LogP contribution in [0.25, 0.3) is 0 Å². The molecule has 1 aromatic heterocycles. The maximum Gasteiger partial charge on any atom is 0.417 e. The summed E-state index contributed by atoms with van der Waals surface area (Å²) in [6.07, 6.45) is 1.56. The van der Waals surface area contributed by atoms with Crippen molar-refractivity contribution in [1.29, 1.82) is 0 Å². The zero-order valence-corrected chi connectivity index (χ0v) is 24.4. The smallest absolute Gasteiger partial charge is 0.417 e. The molecule has 2 unspecified atom stereocenters. The molecule has 0 aliphatic heterocycles. The highest BCUT2D eigenvalue weighted by atomic mass is 33.1. The third kappa shape index (κ3) is 13.8. The van der Waals surface area contributed by atoms with Crippen LogP contribution in [0.4, 0.5) is 4.79 Å². The summed E-state index contributed by atoms with van der Waals surface area (Å²) in [5.41, 5.74) is 7.16. The van der Waals surface area contributed by atoms with Gasteiger partial charge in [0.1, 0.15) is 13.2 Å². The maximum atomic E-state index is 13.4. The van der Waals surface area contributed by atoms with E-state index >= 15 is 0 Å². The Hall–Kier alpha value is -1.41. The number of thiophene rings is 1. The molecule has 0 saturated heterocycles. The van der Waals surface area contributed by atoms with E-state index in [0.717, 1.165) is 28.4 Å². The number of rotatable bonds is 17. The highest BCUT2D eigenvalue weighted by Gasteiger charge is 2.31. The summed E-state index contributed by atoms with van der Waals surface area (Å²) in [7, 11) is 3.20. The second kappa shape index (κ2) is 18.8. The molecule has 1 rings (SSSR count). The van der Waals surface area contributed by atoms with E-state index in [1.54, 1.807) is 51.6 Å². The number of esters is 2. The van der Waals surface area contributed by atoms with Crippen molar-refractivity contribution in [3.63, 3.8) is 0 Å². The van der Waals surface area contributed by atoms with Crippen LogP contribution in [0.2, 0.25) is 0 Å². The van der Waals surface area contributed by atoms with E-state index in [9.17, 15) is 19.2 Å². The summed E-state index contributed by atoms with van der Waals surface area (Å²) in [6.45, 7) is 3.63. The molecule has 1 heterocycles. The van der Waals surface area contributed by atoms with Crippen LogP contribution in [0.15, 0.2) is 16.8 Å². The molecule has 0 aliphatic carbocycles. The summed E-state index contributed by atoms with van der Waals surface area (Å²) >= 11 is 3.31. The number of carbonyl (C=O) groups excluding carboxylic acids is 4. The molecule has 204 valence electrons. The molecule has 0 radical (unpaired) electrons. The lowest BCUT2D eigenvalue weighted by molar-refractivity contribution is -0.151. The molecular weight excluding hydrogens is 545 g/mol. The van der Waals surface area contributed by atoms with Crippen molar-refractivity contribution in [3.05, 3.63) is 22.4 Å². The van der Waals surface area contributed by atoms with Crippen molar-refractivity contribution in [2.24, 2.45) is 11.7 Å². The second-order valence-electron chi connectivity index (χ2n) is 7.84. The number of amides is 2. The van der Waals surface area contributed by atoms with Crippen molar-refractivity contribution in [3.8, 4) is 0 Å². The zero-order valence-electron chi connectivity index (χ0n) is 21.1. The average molecular weight is 581 g/mol. The lowest BCUT2D eigenvalue weighted by Gasteiger charge is -2.26. The van der Waals surface area contributed by atoms with Gasteiger partial charge in [-0.1, -0.05) is 21.6 Å². The Morgan fingerprint density at radius 1 is 1.08 bits per heavy atom. The van der Waals surface area contributed by atoms with Gasteiger partial charge < -0.3 is 19.9 Å². The molecule has 36 heavy (non-hydrogen) atoms. The van der Waals surface area contributed by atoms with Crippen molar-refractivity contribution in [1.82, 2.24) is 4.90 Å². The third-order valence-electron chi connectivity index (χ3n) is 4.75. The monoisotopic (exact) mass is 580 g/mol. The summed E-state index contributed by atoms with van der Waals surface area (Å²) in [5, 5.41) is 3.93. The Balaban J connectivity index is 2.83. The molecule has 2 atom stereocenters. The summed E-state index contributed by atoms with van der Waals surface area (Å²) in [6, 6.07) is 2.05. The van der Waals surface area contributed by atoms with Gasteiger partial charge in [0.25, 0.3) is 0 Å². The standard InChI is InChI=1S/C23H36N2O7S4/c1-5-25(23(29)32-21(11-30-16(2)26)12-31-17(3)27)22(28)19(10-18-6-9-34-13-18)14-35-36-15-20(24)7-8-33-4/h6,9,13,19-21H,5,7-8,10-12,14-15,24H2,1-4H3. The van der Waals surface area contributed by atoms with Gasteiger partial charge in [0.05, 0.1) is 5.92 Å². The van der Waals surface area contributed by atoms with Crippen molar-refractivity contribution in [2.75, 3.05) is 43.3 Å². The molecule has 0 fully saturated rings. The number of nitrogens with two attached hydrogens (primary N) is 1. The minimum absolute atomic E-state index is 0.0921. The fourth-order valence-corrected chi connectivity index (χ4v) is 6.64. The van der Waals surface area contributed by atoms with Crippen molar-refractivity contribution in [2.45, 2.75) is 45.8 Å². The fourth-order valence-electron chi connectivity index (χ4n) is 2.87. The van der Waals surface area contributed by atoms with E-state index in [1.165, 1.54) is 13.8 Å². The average Bonchev–Trinajstić information content (AvgIpc) is 3.34. The normalized spacial score (nSPS) is 12.6. The van der Waals surface area contributed by atoms with Crippen molar-refractivity contribution < 1.29 is 33.4 Å². The van der Waals surface area contributed by atoms with Gasteiger partial charge in [-0.25, -0.2) is 9.69 Å². The first-order chi connectivity index (χ1) is 17.2. The molecule has 0 bridgehead atoms. The summed E-state index contributed by atoms with van der Waals surface area (Å²) in [5.74, 6) is 0.344. The first kappa shape index (κ1) is 32.6. The summed E-state index contributed by atoms with van der Waals surface area (Å²) in [4.78, 5) is 49.8. The number of carbonyl (C=O) groups is 4. The van der Waals surface area contributed by atoms with Crippen LogP contribution in [0, 0.1) is 5.92 Å². The number of hydrogen-bond donors (Lipinski definition) is 1. The van der Waals surface area contributed by atoms with E-state index < -0.39 is 30.1 Å². The zero-order chi connectivity index (χ0) is 26.9. The van der Waals surface area contributed by atoms with Gasteiger partial charge in [0.15, 0.2) is 6.10 Å². The number of thioether (sulfide) groups is 1. The molecular formula is C23H36N2O7S4. The topological polar surface area (TPSA) is 125 Å². The van der Waals surface area contributed by atoms with E-state index in [4.69, 9.17) is 19.9 Å². The highest BCUT2D eigenvalue weighted by molar-refractivity contribution is 8.76. The van der Waals surface area contributed by atoms with Crippen LogP contribution >= 0.6 is 44.7 Å². The second-order valence-corrected chi connectivity index (χ2v) is 12.2. The van der Waals surface area contributed by atoms with Gasteiger partial charge in [-0.05, 0) is 54.2 Å². The van der Waals surface area contributed by atoms with E-state index in [-0.39, 0.29) is 31.7 Å². The first-order valence-corrected chi connectivity index (χ1v) is 16.3. The largest absolute Gasteiger partial charge is 0.462 e. The Morgan fingerprint density at radius 3 is 2.25 bits per heavy atom. The Kier molecular flexibility index (Phi) is 17.0. The first-order valence-electron chi connectivity index (χ1n) is 11.5. The van der Waals surface area contributed by atoms with Gasteiger partial charge in [-0.2, -0.15) is 23.1 Å². The summed E-state index contributed by atoms with van der Waals surface area (Å²) < 4.78 is 15.2. The number of nitrogens with zero attached hydrogens (tertiary/aromatic N) is 1. The van der Waals surface area contributed by atoms with Crippen LogP contribution in [0.5, 0.6) is 0 Å². The maximum absolute atomic E-state index is 13.4. The third-order valence-corrected chi connectivity index (χ3v) is 8.72. The van der Waals surface area contributed by atoms with Gasteiger partial charge in [-0.3, -0.25) is 14.4 Å². The quantitative estimate of drug-likeness (QED) is 0.125. The Morgan fingerprint density at radius 2 is 1.72 bits per heavy atom. The van der Waals surface area contributed by atoms with E-state index in [0.29, 0.717) is 12.2 Å². The van der Waals surface area contributed by atoms with Gasteiger partial charge in [-0.15, -0.1) is 0 Å². The van der Waals surface area contributed by atoms with Crippen molar-refractivity contribution >= 4 is 68.6 Å². The molecule has 0 aliphatic rings. The predicted octanol–water partition coefficient (Wildman–Crippen LogP) is 3.85. The lowest BCUT2D eigenvalue weighted by atomic mass is 10.0. The molecule has 1 aromatic rings. The van der Waals surface area contributed by atoms with E-state index in [1.807, 2.05) is 16.8 Å². The van der Waals surface area contributed by atoms with Gasteiger partial charge in [0, 0.05) is 37.9 Å². The molecule has 0 saturated carbocycles. The number of ether oxygens (including phenoxy) is 3. The van der Waals surface area contributed by atoms with Crippen LogP contribution in [0.1, 0.15) is 32.8 Å². The molecule has 9 nitrogen and oxygen atoms in total. The predicted molar refractivity (Wildman–Crippen MR) is 148 cm³/mol. The van der Waals surface area contributed by atoms with Crippen LogP contribution in [-0.2, 0) is 35.0 Å². The van der Waals surface area contributed by atoms with E-state index in [2.05, 4.69) is 6.26 Å². The molecule has 0 aromatic carbocycles. The lowest BCUT2D eigenvalue weighted by Crippen LogP contribution is -2.44. The Bertz CT molecular complexity index is 792. The molecule has 0 spiro atoms. The fraction of sp³-hybridized carbons (Fsp3) is 0.652. The molecule has 2 N–H and O–H groups in total. The minimum atomic E-state index is -1.03. The minimum Gasteiger partial charge on any atom is -0.462 e. The highest BCUT2D eigenvalue weighted by Crippen LogP contribution is 2.28. The molecule has 2 amide bonds. The Labute approximate surface area is 229 Å². The molecule has 13 heteroatoms. The van der Waals surface area contributed by atoms with Crippen LogP contribution in [0.3, 0.4) is 0 Å². The van der Waals surface area contributed by atoms with Crippen LogP contribution < -0.4 is 5.73 Å². The SMILES string of the molecule is CCN(C(=O)OC(COC(C)=O)COC(C)=O)C(=O)C(CSSCC(N)CCSC)Cc1ccsc1. The van der Waals surface area contributed by atoms with Gasteiger partial charge in [0.2, 0.25) is 5.91 Å².